The topological polar surface area (TPSA) is 41.3 Å². The highest BCUT2D eigenvalue weighted by Crippen LogP contribution is 2.38. The molecule has 4 nitrogen and oxygen atoms in total. The molecular formula is C20H22F3N3O. The number of alkyl halides is 3. The van der Waals surface area contributed by atoms with E-state index in [1.807, 2.05) is 0 Å². The molecule has 0 saturated carbocycles. The van der Waals surface area contributed by atoms with E-state index in [4.69, 9.17) is 0 Å². The van der Waals surface area contributed by atoms with Crippen molar-refractivity contribution in [1.82, 2.24) is 14.5 Å². The third kappa shape index (κ3) is 3.25. The summed E-state index contributed by atoms with van der Waals surface area (Å²) >= 11 is 0. The zero-order valence-electron chi connectivity index (χ0n) is 15.1. The predicted octanol–water partition coefficient (Wildman–Crippen LogP) is 4.79. The number of hydrogen-bond donors (Lipinski definition) is 1. The maximum absolute atomic E-state index is 13.7. The van der Waals surface area contributed by atoms with Gasteiger partial charge in [-0.25, -0.2) is 4.98 Å². The van der Waals surface area contributed by atoms with Crippen molar-refractivity contribution < 1.29 is 18.3 Å². The number of aromatic nitrogens is 2. The van der Waals surface area contributed by atoms with E-state index in [1.54, 1.807) is 22.8 Å². The Hall–Kier alpha value is -2.28. The number of phenols is 1. The molecule has 1 aromatic carbocycles. The highest BCUT2D eigenvalue weighted by molar-refractivity contribution is 6.09. The number of rotatable bonds is 3. The van der Waals surface area contributed by atoms with Crippen molar-refractivity contribution in [2.45, 2.75) is 44.9 Å². The van der Waals surface area contributed by atoms with Crippen LogP contribution in [-0.2, 0) is 12.7 Å². The maximum atomic E-state index is 13.7. The summed E-state index contributed by atoms with van der Waals surface area (Å²) < 4.78 is 42.7. The molecule has 0 amide bonds. The van der Waals surface area contributed by atoms with E-state index in [0.29, 0.717) is 22.8 Å². The van der Waals surface area contributed by atoms with Gasteiger partial charge in [-0.1, -0.05) is 6.42 Å². The second-order valence-electron chi connectivity index (χ2n) is 7.31. The smallest absolute Gasteiger partial charge is 0.435 e. The van der Waals surface area contributed by atoms with Crippen LogP contribution in [0.4, 0.5) is 13.2 Å². The van der Waals surface area contributed by atoms with Crippen molar-refractivity contribution in [1.29, 1.82) is 0 Å². The number of fused-ring (bicyclic) bond motifs is 3. The van der Waals surface area contributed by atoms with Gasteiger partial charge in [-0.2, -0.15) is 13.2 Å². The van der Waals surface area contributed by atoms with E-state index in [1.165, 1.54) is 18.7 Å². The minimum Gasteiger partial charge on any atom is -0.508 e. The molecule has 1 saturated heterocycles. The molecule has 3 heterocycles. The molecule has 144 valence electrons. The Bertz CT molecular complexity index is 974. The second kappa shape index (κ2) is 6.71. The van der Waals surface area contributed by atoms with E-state index in [-0.39, 0.29) is 17.3 Å². The molecule has 27 heavy (non-hydrogen) atoms. The fourth-order valence-corrected chi connectivity index (χ4v) is 4.17. The van der Waals surface area contributed by atoms with Gasteiger partial charge in [-0.3, -0.25) is 4.90 Å². The molecule has 0 aliphatic carbocycles. The number of halogens is 3. The van der Waals surface area contributed by atoms with Gasteiger partial charge < -0.3 is 9.67 Å². The summed E-state index contributed by atoms with van der Waals surface area (Å²) in [7, 11) is 0. The van der Waals surface area contributed by atoms with Crippen LogP contribution in [-0.4, -0.2) is 38.7 Å². The van der Waals surface area contributed by atoms with Crippen molar-refractivity contribution in [3.8, 4) is 5.75 Å². The van der Waals surface area contributed by atoms with Crippen LogP contribution in [0.25, 0.3) is 21.8 Å². The minimum absolute atomic E-state index is 0.0405. The first kappa shape index (κ1) is 18.1. The molecule has 1 aliphatic rings. The average molecular weight is 377 g/mol. The van der Waals surface area contributed by atoms with E-state index < -0.39 is 11.9 Å². The molecular weight excluding hydrogens is 355 g/mol. The fourth-order valence-electron chi connectivity index (χ4n) is 4.17. The summed E-state index contributed by atoms with van der Waals surface area (Å²) in [6.07, 6.45) is 0.105. The Kier molecular flexibility index (Phi) is 4.50. The van der Waals surface area contributed by atoms with Gasteiger partial charge in [0.05, 0.1) is 11.0 Å². The van der Waals surface area contributed by atoms with E-state index in [0.717, 1.165) is 25.9 Å². The van der Waals surface area contributed by atoms with Crippen molar-refractivity contribution in [2.75, 3.05) is 13.1 Å². The van der Waals surface area contributed by atoms with Crippen LogP contribution in [0.15, 0.2) is 30.5 Å². The fraction of sp³-hybridized carbons (Fsp3) is 0.450. The lowest BCUT2D eigenvalue weighted by atomic mass is 10.1. The Morgan fingerprint density at radius 1 is 1.11 bits per heavy atom. The summed E-state index contributed by atoms with van der Waals surface area (Å²) in [6.45, 7) is 4.40. The number of likely N-dealkylation sites (tertiary alicyclic amines) is 1. The number of nitrogens with zero attached hydrogens (tertiary/aromatic N) is 3. The molecule has 7 heteroatoms. The number of phenolic OH excluding ortho intramolecular Hbond substituents is 1. The molecule has 3 aromatic rings. The van der Waals surface area contributed by atoms with E-state index in [9.17, 15) is 18.3 Å². The zero-order valence-corrected chi connectivity index (χ0v) is 15.1. The predicted molar refractivity (Wildman–Crippen MR) is 98.8 cm³/mol. The SMILES string of the molecule is CC(Cn1c2cc(O)ccc2c2ccnc(C(F)(F)F)c21)N1CCCCC1. The summed E-state index contributed by atoms with van der Waals surface area (Å²) in [5, 5.41) is 11.1. The van der Waals surface area contributed by atoms with Gasteiger partial charge in [-0.15, -0.1) is 0 Å². The van der Waals surface area contributed by atoms with Gasteiger partial charge in [-0.05, 0) is 51.1 Å². The average Bonchev–Trinajstić information content (AvgIpc) is 2.94. The number of piperidine rings is 1. The molecule has 2 aromatic heterocycles. The molecule has 1 unspecified atom stereocenters. The third-order valence-electron chi connectivity index (χ3n) is 5.49. The minimum atomic E-state index is -4.54. The highest BCUT2D eigenvalue weighted by atomic mass is 19.4. The summed E-state index contributed by atoms with van der Waals surface area (Å²) in [5.41, 5.74) is -0.177. The largest absolute Gasteiger partial charge is 0.508 e. The van der Waals surface area contributed by atoms with Crippen molar-refractivity contribution >= 4 is 21.8 Å². The molecule has 1 fully saturated rings. The van der Waals surface area contributed by atoms with Gasteiger partial charge in [0, 0.05) is 35.6 Å². The molecule has 0 spiro atoms. The molecule has 0 radical (unpaired) electrons. The molecule has 1 atom stereocenters. The van der Waals surface area contributed by atoms with Crippen molar-refractivity contribution in [3.63, 3.8) is 0 Å². The van der Waals surface area contributed by atoms with Crippen molar-refractivity contribution in [3.05, 3.63) is 36.2 Å². The van der Waals surface area contributed by atoms with Crippen LogP contribution < -0.4 is 0 Å². The van der Waals surface area contributed by atoms with Crippen LogP contribution in [0.2, 0.25) is 0 Å². The monoisotopic (exact) mass is 377 g/mol. The standard InChI is InChI=1S/C20H22F3N3O/c1-13(25-9-3-2-4-10-25)12-26-17-11-14(27)5-6-15(17)16-7-8-24-19(18(16)26)20(21,22)23/h5-8,11,13,27H,2-4,9-10,12H2,1H3. The van der Waals surface area contributed by atoms with Gasteiger partial charge in [0.25, 0.3) is 0 Å². The number of pyridine rings is 1. The van der Waals surface area contributed by atoms with Crippen LogP contribution in [0.1, 0.15) is 31.9 Å². The lowest BCUT2D eigenvalue weighted by Crippen LogP contribution is -2.39. The number of benzene rings is 1. The van der Waals surface area contributed by atoms with E-state index >= 15 is 0 Å². The molecule has 1 N–H and O–H groups in total. The Labute approximate surface area is 155 Å². The van der Waals surface area contributed by atoms with Crippen LogP contribution in [0, 0.1) is 0 Å². The lowest BCUT2D eigenvalue weighted by molar-refractivity contribution is -0.140. The Balaban J connectivity index is 1.91. The van der Waals surface area contributed by atoms with Crippen molar-refractivity contribution in [2.24, 2.45) is 0 Å². The number of hydrogen-bond acceptors (Lipinski definition) is 3. The Morgan fingerprint density at radius 3 is 2.56 bits per heavy atom. The van der Waals surface area contributed by atoms with Gasteiger partial charge >= 0.3 is 6.18 Å². The van der Waals surface area contributed by atoms with Gasteiger partial charge in [0.1, 0.15) is 5.75 Å². The van der Waals surface area contributed by atoms with Crippen LogP contribution >= 0.6 is 0 Å². The van der Waals surface area contributed by atoms with Gasteiger partial charge in [0.2, 0.25) is 0 Å². The third-order valence-corrected chi connectivity index (χ3v) is 5.49. The van der Waals surface area contributed by atoms with E-state index in [2.05, 4.69) is 16.8 Å². The summed E-state index contributed by atoms with van der Waals surface area (Å²) in [5.74, 6) is 0.0405. The Morgan fingerprint density at radius 2 is 1.85 bits per heavy atom. The zero-order chi connectivity index (χ0) is 19.2. The molecule has 4 rings (SSSR count). The highest BCUT2D eigenvalue weighted by Gasteiger charge is 2.36. The lowest BCUT2D eigenvalue weighted by Gasteiger charge is -2.33. The quantitative estimate of drug-likeness (QED) is 0.714. The van der Waals surface area contributed by atoms with Crippen LogP contribution in [0.5, 0.6) is 5.75 Å². The van der Waals surface area contributed by atoms with Crippen LogP contribution in [0.3, 0.4) is 0 Å². The summed E-state index contributed by atoms with van der Waals surface area (Å²) in [4.78, 5) is 5.98. The molecule has 0 bridgehead atoms. The molecule has 1 aliphatic heterocycles. The first-order valence-corrected chi connectivity index (χ1v) is 9.27. The van der Waals surface area contributed by atoms with Gasteiger partial charge in [0.15, 0.2) is 5.69 Å². The first-order valence-electron chi connectivity index (χ1n) is 9.27. The second-order valence-corrected chi connectivity index (χ2v) is 7.31. The first-order chi connectivity index (χ1) is 12.9. The normalized spacial score (nSPS) is 17.6. The summed E-state index contributed by atoms with van der Waals surface area (Å²) in [6, 6.07) is 6.43. The number of aromatic hydroxyl groups is 1. The maximum Gasteiger partial charge on any atom is 0.435 e.